The minimum Gasteiger partial charge on any atom is -0.351 e. The van der Waals surface area contributed by atoms with Gasteiger partial charge in [-0.2, -0.15) is 0 Å². The van der Waals surface area contributed by atoms with Gasteiger partial charge in [0, 0.05) is 12.1 Å². The smallest absolute Gasteiger partial charge is 0.238 e. The average Bonchev–Trinajstić information content (AvgIpc) is 2.87. The van der Waals surface area contributed by atoms with E-state index in [0.29, 0.717) is 18.5 Å². The Labute approximate surface area is 206 Å². The first-order chi connectivity index (χ1) is 16.8. The third-order valence-electron chi connectivity index (χ3n) is 6.09. The first-order valence-corrected chi connectivity index (χ1v) is 13.0. The number of hydrogen-bond acceptors (Lipinski definition) is 3. The van der Waals surface area contributed by atoms with Gasteiger partial charge in [-0.25, -0.2) is 13.6 Å². The Morgan fingerprint density at radius 1 is 0.800 bits per heavy atom. The van der Waals surface area contributed by atoms with Crippen molar-refractivity contribution in [3.63, 3.8) is 0 Å². The molecule has 4 aromatic carbocycles. The SMILES string of the molecule is Cc1ccccc1C(Cc1ccccc1)C(=O)NCc1ccc(-c2ccccc2S(N)(=O)=O)cc1. The Hall–Kier alpha value is -3.74. The van der Waals surface area contributed by atoms with Crippen LogP contribution < -0.4 is 10.5 Å². The van der Waals surface area contributed by atoms with Crippen LogP contribution in [0.5, 0.6) is 0 Å². The number of nitrogens with two attached hydrogens (primary N) is 1. The maximum atomic E-state index is 13.3. The molecule has 0 aliphatic carbocycles. The Kier molecular flexibility index (Phi) is 7.44. The van der Waals surface area contributed by atoms with E-state index in [4.69, 9.17) is 5.14 Å². The van der Waals surface area contributed by atoms with E-state index in [-0.39, 0.29) is 16.7 Å². The molecular weight excluding hydrogens is 456 g/mol. The lowest BCUT2D eigenvalue weighted by atomic mass is 9.88. The lowest BCUT2D eigenvalue weighted by molar-refractivity contribution is -0.122. The molecule has 0 aliphatic heterocycles. The fourth-order valence-electron chi connectivity index (χ4n) is 4.24. The van der Waals surface area contributed by atoms with Gasteiger partial charge >= 0.3 is 0 Å². The van der Waals surface area contributed by atoms with Gasteiger partial charge in [0.2, 0.25) is 15.9 Å². The first kappa shape index (κ1) is 24.4. The van der Waals surface area contributed by atoms with Crippen LogP contribution in [-0.2, 0) is 27.8 Å². The van der Waals surface area contributed by atoms with E-state index in [1.54, 1.807) is 18.2 Å². The van der Waals surface area contributed by atoms with Crippen LogP contribution in [0.15, 0.2) is 108 Å². The molecule has 0 heterocycles. The van der Waals surface area contributed by atoms with E-state index in [9.17, 15) is 13.2 Å². The second-order valence-corrected chi connectivity index (χ2v) is 10.1. The Balaban J connectivity index is 1.51. The van der Waals surface area contributed by atoms with Gasteiger partial charge in [-0.3, -0.25) is 4.79 Å². The molecule has 0 radical (unpaired) electrons. The summed E-state index contributed by atoms with van der Waals surface area (Å²) >= 11 is 0. The van der Waals surface area contributed by atoms with E-state index >= 15 is 0 Å². The molecule has 4 rings (SSSR count). The molecule has 0 fully saturated rings. The lowest BCUT2D eigenvalue weighted by Gasteiger charge is -2.19. The number of primary sulfonamides is 1. The summed E-state index contributed by atoms with van der Waals surface area (Å²) < 4.78 is 23.9. The Morgan fingerprint density at radius 3 is 2.11 bits per heavy atom. The van der Waals surface area contributed by atoms with Crippen molar-refractivity contribution in [2.24, 2.45) is 5.14 Å². The number of benzene rings is 4. The van der Waals surface area contributed by atoms with Gasteiger partial charge in [-0.05, 0) is 47.2 Å². The molecule has 0 aliphatic rings. The van der Waals surface area contributed by atoms with Gasteiger partial charge in [0.1, 0.15) is 0 Å². The maximum Gasteiger partial charge on any atom is 0.238 e. The number of carbonyl (C=O) groups excluding carboxylic acids is 1. The van der Waals surface area contributed by atoms with Gasteiger partial charge in [0.15, 0.2) is 0 Å². The van der Waals surface area contributed by atoms with Crippen LogP contribution in [0.1, 0.15) is 28.2 Å². The average molecular weight is 485 g/mol. The monoisotopic (exact) mass is 484 g/mol. The molecule has 178 valence electrons. The van der Waals surface area contributed by atoms with Crippen LogP contribution in [0.2, 0.25) is 0 Å². The quantitative estimate of drug-likeness (QED) is 0.371. The number of sulfonamides is 1. The standard InChI is InChI=1S/C29H28N2O3S/c1-21-9-5-6-12-25(21)27(19-22-10-3-2-4-11-22)29(32)31-20-23-15-17-24(18-16-23)26-13-7-8-14-28(26)35(30,33)34/h2-18,27H,19-20H2,1H3,(H,31,32)(H2,30,33,34). The Morgan fingerprint density at radius 2 is 1.43 bits per heavy atom. The van der Waals surface area contributed by atoms with Crippen LogP contribution >= 0.6 is 0 Å². The van der Waals surface area contributed by atoms with E-state index in [1.165, 1.54) is 6.07 Å². The zero-order chi connectivity index (χ0) is 24.8. The fraction of sp³-hybridized carbons (Fsp3) is 0.138. The van der Waals surface area contributed by atoms with Crippen molar-refractivity contribution in [3.8, 4) is 11.1 Å². The van der Waals surface area contributed by atoms with Gasteiger partial charge in [-0.15, -0.1) is 0 Å². The summed E-state index contributed by atoms with van der Waals surface area (Å²) in [6, 6.07) is 32.1. The van der Waals surface area contributed by atoms with Crippen LogP contribution in [0.25, 0.3) is 11.1 Å². The molecule has 0 saturated carbocycles. The van der Waals surface area contributed by atoms with Crippen LogP contribution in [0, 0.1) is 6.92 Å². The van der Waals surface area contributed by atoms with Crippen molar-refractivity contribution in [1.29, 1.82) is 0 Å². The molecule has 1 unspecified atom stereocenters. The molecular formula is C29H28N2O3S. The molecule has 0 aromatic heterocycles. The fourth-order valence-corrected chi connectivity index (χ4v) is 5.00. The normalized spacial score (nSPS) is 12.2. The zero-order valence-electron chi connectivity index (χ0n) is 19.5. The second kappa shape index (κ2) is 10.7. The number of hydrogen-bond donors (Lipinski definition) is 2. The molecule has 3 N–H and O–H groups in total. The third kappa shape index (κ3) is 6.04. The van der Waals surface area contributed by atoms with Gasteiger partial charge < -0.3 is 5.32 Å². The lowest BCUT2D eigenvalue weighted by Crippen LogP contribution is -2.30. The summed E-state index contributed by atoms with van der Waals surface area (Å²) in [6.07, 6.45) is 0.612. The van der Waals surface area contributed by atoms with E-state index in [0.717, 1.165) is 27.8 Å². The molecule has 4 aromatic rings. The number of carbonyl (C=O) groups is 1. The van der Waals surface area contributed by atoms with E-state index in [2.05, 4.69) is 5.32 Å². The molecule has 35 heavy (non-hydrogen) atoms. The van der Waals surface area contributed by atoms with Crippen LogP contribution in [0.3, 0.4) is 0 Å². The van der Waals surface area contributed by atoms with Crippen LogP contribution in [-0.4, -0.2) is 14.3 Å². The highest BCUT2D eigenvalue weighted by Crippen LogP contribution is 2.27. The predicted octanol–water partition coefficient (Wildman–Crippen LogP) is 4.95. The molecule has 1 amide bonds. The molecule has 5 nitrogen and oxygen atoms in total. The maximum absolute atomic E-state index is 13.3. The minimum atomic E-state index is -3.84. The summed E-state index contributed by atoms with van der Waals surface area (Å²) in [5.74, 6) is -0.341. The summed E-state index contributed by atoms with van der Waals surface area (Å²) in [6.45, 7) is 2.39. The molecule has 0 bridgehead atoms. The number of amides is 1. The minimum absolute atomic E-state index is 0.0354. The molecule has 6 heteroatoms. The van der Waals surface area contributed by atoms with E-state index in [1.807, 2.05) is 85.8 Å². The van der Waals surface area contributed by atoms with Gasteiger partial charge in [0.05, 0.1) is 10.8 Å². The van der Waals surface area contributed by atoms with Crippen molar-refractivity contribution in [2.75, 3.05) is 0 Å². The second-order valence-electron chi connectivity index (χ2n) is 8.55. The van der Waals surface area contributed by atoms with Crippen molar-refractivity contribution >= 4 is 15.9 Å². The highest BCUT2D eigenvalue weighted by molar-refractivity contribution is 7.89. The summed E-state index contributed by atoms with van der Waals surface area (Å²) in [5, 5.41) is 8.46. The summed E-state index contributed by atoms with van der Waals surface area (Å²) in [7, 11) is -3.84. The van der Waals surface area contributed by atoms with Gasteiger partial charge in [-0.1, -0.05) is 97.1 Å². The Bertz CT molecular complexity index is 1420. The molecule has 0 saturated heterocycles. The zero-order valence-corrected chi connectivity index (χ0v) is 20.3. The predicted molar refractivity (Wildman–Crippen MR) is 139 cm³/mol. The highest BCUT2D eigenvalue weighted by atomic mass is 32.2. The van der Waals surface area contributed by atoms with Crippen molar-refractivity contribution in [2.45, 2.75) is 30.7 Å². The van der Waals surface area contributed by atoms with E-state index < -0.39 is 10.0 Å². The third-order valence-corrected chi connectivity index (χ3v) is 7.06. The number of aryl methyl sites for hydroxylation is 1. The highest BCUT2D eigenvalue weighted by Gasteiger charge is 2.22. The largest absolute Gasteiger partial charge is 0.351 e. The van der Waals surface area contributed by atoms with Crippen molar-refractivity contribution in [1.82, 2.24) is 5.32 Å². The first-order valence-electron chi connectivity index (χ1n) is 11.4. The van der Waals surface area contributed by atoms with Crippen molar-refractivity contribution < 1.29 is 13.2 Å². The number of nitrogens with one attached hydrogen (secondary N) is 1. The summed E-state index contributed by atoms with van der Waals surface area (Å²) in [5.41, 5.74) is 5.41. The van der Waals surface area contributed by atoms with Crippen LogP contribution in [0.4, 0.5) is 0 Å². The summed E-state index contributed by atoms with van der Waals surface area (Å²) in [4.78, 5) is 13.4. The number of rotatable bonds is 8. The molecule has 1 atom stereocenters. The topological polar surface area (TPSA) is 89.3 Å². The van der Waals surface area contributed by atoms with Gasteiger partial charge in [0.25, 0.3) is 0 Å². The molecule has 0 spiro atoms. The van der Waals surface area contributed by atoms with Crippen molar-refractivity contribution in [3.05, 3.63) is 125 Å².